The van der Waals surface area contributed by atoms with Crippen molar-refractivity contribution in [2.75, 3.05) is 6.26 Å². The van der Waals surface area contributed by atoms with Crippen molar-refractivity contribution in [2.24, 2.45) is 5.73 Å². The summed E-state index contributed by atoms with van der Waals surface area (Å²) in [4.78, 5) is 20.4. The van der Waals surface area contributed by atoms with E-state index in [1.54, 1.807) is 23.9 Å². The van der Waals surface area contributed by atoms with Gasteiger partial charge in [-0.1, -0.05) is 18.2 Å². The minimum absolute atomic E-state index is 0.191. The number of benzene rings is 2. The van der Waals surface area contributed by atoms with Gasteiger partial charge >= 0.3 is 0 Å². The van der Waals surface area contributed by atoms with Crippen LogP contribution in [0.5, 0.6) is 0 Å². The molecule has 22 heavy (non-hydrogen) atoms. The molecule has 6 heteroatoms. The summed E-state index contributed by atoms with van der Waals surface area (Å²) in [6, 6.07) is 13.5. The third-order valence-electron chi connectivity index (χ3n) is 3.49. The van der Waals surface area contributed by atoms with E-state index in [0.717, 1.165) is 11.1 Å². The van der Waals surface area contributed by atoms with Crippen molar-refractivity contribution in [3.05, 3.63) is 59.4 Å². The molecule has 0 aliphatic rings. The lowest BCUT2D eigenvalue weighted by molar-refractivity contribution is 0.100. The number of carbonyl (C=O) groups excluding carboxylic acids is 1. The van der Waals surface area contributed by atoms with Crippen molar-refractivity contribution in [3.8, 4) is 0 Å². The Hall–Kier alpha value is -1.92. The predicted molar refractivity (Wildman–Crippen MR) is 93.7 cm³/mol. The number of carbonyl (C=O) groups is 1. The van der Waals surface area contributed by atoms with Crippen LogP contribution in [0.15, 0.2) is 47.4 Å². The molecule has 112 valence electrons. The van der Waals surface area contributed by atoms with Crippen LogP contribution in [0.3, 0.4) is 0 Å². The van der Waals surface area contributed by atoms with Gasteiger partial charge in [0, 0.05) is 4.90 Å². The second-order valence-corrected chi connectivity index (χ2v) is 6.26. The highest BCUT2D eigenvalue weighted by Gasteiger charge is 2.16. The fourth-order valence-corrected chi connectivity index (χ4v) is 3.03. The number of nitrogens with two attached hydrogens (primary N) is 1. The first kappa shape index (κ1) is 15.0. The Labute approximate surface area is 137 Å². The average molecular weight is 329 g/mol. The van der Waals surface area contributed by atoms with Crippen LogP contribution in [0.2, 0.25) is 0 Å². The molecule has 1 aromatic heterocycles. The Morgan fingerprint density at radius 2 is 2.00 bits per heavy atom. The monoisotopic (exact) mass is 329 g/mol. The topological polar surface area (TPSA) is 71.8 Å². The number of nitrogens with zero attached hydrogens (tertiary/aromatic N) is 1. The van der Waals surface area contributed by atoms with Gasteiger partial charge in [-0.05, 0) is 36.1 Å². The summed E-state index contributed by atoms with van der Waals surface area (Å²) in [5.41, 5.74) is 8.22. The van der Waals surface area contributed by atoms with Gasteiger partial charge in [0.05, 0.1) is 16.3 Å². The molecule has 0 bridgehead atoms. The summed E-state index contributed by atoms with van der Waals surface area (Å²) in [7, 11) is 0. The number of primary amides is 1. The number of para-hydroxylation sites is 1. The SMILES string of the molecule is CSc1ccc(C(S)c2nc3c(C(N)=O)cccc3[nH]2)cc1. The van der Waals surface area contributed by atoms with Gasteiger partial charge in [-0.15, -0.1) is 11.8 Å². The van der Waals surface area contributed by atoms with E-state index in [9.17, 15) is 4.79 Å². The maximum absolute atomic E-state index is 11.5. The number of rotatable bonds is 4. The number of hydrogen-bond acceptors (Lipinski definition) is 4. The van der Waals surface area contributed by atoms with E-state index in [-0.39, 0.29) is 5.25 Å². The number of imidazole rings is 1. The minimum atomic E-state index is -0.483. The lowest BCUT2D eigenvalue weighted by Gasteiger charge is -2.08. The molecule has 1 heterocycles. The lowest BCUT2D eigenvalue weighted by Crippen LogP contribution is -2.11. The molecule has 1 amide bonds. The van der Waals surface area contributed by atoms with Gasteiger partial charge < -0.3 is 10.7 Å². The standard InChI is InChI=1S/C16H15N3OS2/c1-22-10-7-5-9(6-8-10)14(21)16-18-12-4-2-3-11(15(17)20)13(12)19-16/h2-8,14,21H,1H3,(H2,17,20)(H,18,19). The predicted octanol–water partition coefficient (Wildman–Crippen LogP) is 3.40. The lowest BCUT2D eigenvalue weighted by atomic mass is 10.1. The molecule has 0 radical (unpaired) electrons. The van der Waals surface area contributed by atoms with Gasteiger partial charge in [0.15, 0.2) is 0 Å². The molecule has 1 unspecified atom stereocenters. The quantitative estimate of drug-likeness (QED) is 0.507. The molecule has 0 aliphatic heterocycles. The number of hydrogen-bond donors (Lipinski definition) is 3. The number of amides is 1. The molecule has 4 nitrogen and oxygen atoms in total. The van der Waals surface area contributed by atoms with Crippen molar-refractivity contribution in [1.29, 1.82) is 0 Å². The Morgan fingerprint density at radius 3 is 2.64 bits per heavy atom. The molecule has 0 saturated carbocycles. The van der Waals surface area contributed by atoms with Crippen LogP contribution in [0.25, 0.3) is 11.0 Å². The van der Waals surface area contributed by atoms with Crippen molar-refractivity contribution in [3.63, 3.8) is 0 Å². The number of nitrogens with one attached hydrogen (secondary N) is 1. The second kappa shape index (κ2) is 6.06. The van der Waals surface area contributed by atoms with Crippen LogP contribution >= 0.6 is 24.4 Å². The van der Waals surface area contributed by atoms with E-state index in [4.69, 9.17) is 5.73 Å². The fourth-order valence-electron chi connectivity index (χ4n) is 2.32. The third-order valence-corrected chi connectivity index (χ3v) is 4.77. The molecule has 0 saturated heterocycles. The summed E-state index contributed by atoms with van der Waals surface area (Å²) in [5.74, 6) is 0.215. The first-order valence-corrected chi connectivity index (χ1v) is 8.44. The smallest absolute Gasteiger partial charge is 0.250 e. The summed E-state index contributed by atoms with van der Waals surface area (Å²) < 4.78 is 0. The number of aromatic amines is 1. The largest absolute Gasteiger partial charge is 0.366 e. The van der Waals surface area contributed by atoms with Crippen molar-refractivity contribution in [1.82, 2.24) is 9.97 Å². The van der Waals surface area contributed by atoms with Crippen LogP contribution in [0.1, 0.15) is 27.0 Å². The van der Waals surface area contributed by atoms with Crippen molar-refractivity contribution >= 4 is 41.3 Å². The molecule has 1 atom stereocenters. The highest BCUT2D eigenvalue weighted by Crippen LogP contribution is 2.29. The van der Waals surface area contributed by atoms with Gasteiger partial charge in [-0.2, -0.15) is 12.6 Å². The van der Waals surface area contributed by atoms with Gasteiger partial charge in [0.2, 0.25) is 0 Å². The molecule has 3 aromatic rings. The Bertz CT molecular complexity index is 827. The fraction of sp³-hybridized carbons (Fsp3) is 0.125. The molecule has 2 aromatic carbocycles. The zero-order valence-corrected chi connectivity index (χ0v) is 13.6. The summed E-state index contributed by atoms with van der Waals surface area (Å²) in [6.45, 7) is 0. The normalized spacial score (nSPS) is 12.5. The van der Waals surface area contributed by atoms with E-state index in [1.807, 2.05) is 24.5 Å². The minimum Gasteiger partial charge on any atom is -0.366 e. The zero-order chi connectivity index (χ0) is 15.7. The van der Waals surface area contributed by atoms with Crippen molar-refractivity contribution in [2.45, 2.75) is 10.1 Å². The molecule has 3 rings (SSSR count). The van der Waals surface area contributed by atoms with Crippen LogP contribution in [0.4, 0.5) is 0 Å². The second-order valence-electron chi connectivity index (χ2n) is 4.86. The van der Waals surface area contributed by atoms with Crippen LogP contribution in [0, 0.1) is 0 Å². The van der Waals surface area contributed by atoms with Gasteiger partial charge in [0.1, 0.15) is 11.3 Å². The summed E-state index contributed by atoms with van der Waals surface area (Å²) in [6.07, 6.45) is 2.04. The van der Waals surface area contributed by atoms with Crippen LogP contribution in [-0.4, -0.2) is 22.1 Å². The highest BCUT2D eigenvalue weighted by molar-refractivity contribution is 7.98. The summed E-state index contributed by atoms with van der Waals surface area (Å²) >= 11 is 6.35. The number of thioether (sulfide) groups is 1. The molecule has 0 aliphatic carbocycles. The van der Waals surface area contributed by atoms with E-state index >= 15 is 0 Å². The van der Waals surface area contributed by atoms with Gasteiger partial charge in [0.25, 0.3) is 5.91 Å². The van der Waals surface area contributed by atoms with E-state index < -0.39 is 5.91 Å². The first-order valence-electron chi connectivity index (χ1n) is 6.70. The number of H-pyrrole nitrogens is 1. The number of fused-ring (bicyclic) bond motifs is 1. The molecular formula is C16H15N3OS2. The number of aromatic nitrogens is 2. The van der Waals surface area contributed by atoms with Crippen molar-refractivity contribution < 1.29 is 4.79 Å². The summed E-state index contributed by atoms with van der Waals surface area (Å²) in [5, 5.41) is -0.191. The zero-order valence-electron chi connectivity index (χ0n) is 11.9. The molecule has 3 N–H and O–H groups in total. The Balaban J connectivity index is 2.01. The molecule has 0 spiro atoms. The first-order chi connectivity index (χ1) is 10.6. The average Bonchev–Trinajstić information content (AvgIpc) is 2.98. The van der Waals surface area contributed by atoms with Crippen LogP contribution < -0.4 is 5.73 Å². The molecular weight excluding hydrogens is 314 g/mol. The maximum atomic E-state index is 11.5. The highest BCUT2D eigenvalue weighted by atomic mass is 32.2. The Kier molecular flexibility index (Phi) is 4.13. The maximum Gasteiger partial charge on any atom is 0.250 e. The molecule has 0 fully saturated rings. The van der Waals surface area contributed by atoms with E-state index in [2.05, 4.69) is 34.7 Å². The van der Waals surface area contributed by atoms with Gasteiger partial charge in [-0.3, -0.25) is 4.79 Å². The van der Waals surface area contributed by atoms with E-state index in [0.29, 0.717) is 16.9 Å². The van der Waals surface area contributed by atoms with E-state index in [1.165, 1.54) is 4.90 Å². The van der Waals surface area contributed by atoms with Crippen LogP contribution in [-0.2, 0) is 0 Å². The third kappa shape index (κ3) is 2.71. The number of thiol groups is 1. The Morgan fingerprint density at radius 1 is 1.27 bits per heavy atom. The van der Waals surface area contributed by atoms with Gasteiger partial charge in [-0.25, -0.2) is 4.98 Å².